The highest BCUT2D eigenvalue weighted by atomic mass is 32.1. The zero-order valence-corrected chi connectivity index (χ0v) is 11.9. The molecule has 2 rings (SSSR count). The van der Waals surface area contributed by atoms with E-state index in [0.29, 0.717) is 5.88 Å². The van der Waals surface area contributed by atoms with Gasteiger partial charge in [0, 0.05) is 35.8 Å². The Hall–Kier alpha value is -1.50. The van der Waals surface area contributed by atoms with Gasteiger partial charge in [-0.2, -0.15) is 0 Å². The second-order valence-electron chi connectivity index (χ2n) is 4.36. The highest BCUT2D eigenvalue weighted by Crippen LogP contribution is 2.14. The Balaban J connectivity index is 1.97. The number of pyridine rings is 1. The molecule has 0 spiro atoms. The lowest BCUT2D eigenvalue weighted by Crippen LogP contribution is -2.38. The van der Waals surface area contributed by atoms with E-state index in [4.69, 9.17) is 10.6 Å². The summed E-state index contributed by atoms with van der Waals surface area (Å²) < 4.78 is 5.04. The van der Waals surface area contributed by atoms with E-state index in [1.54, 1.807) is 18.4 Å². The number of aryl methyl sites for hydroxylation is 1. The van der Waals surface area contributed by atoms with E-state index < -0.39 is 0 Å². The van der Waals surface area contributed by atoms with Gasteiger partial charge in [0.2, 0.25) is 5.88 Å². The number of rotatable bonds is 6. The molecule has 0 saturated heterocycles. The Kier molecular flexibility index (Phi) is 4.84. The molecule has 0 aliphatic rings. The average Bonchev–Trinajstić information content (AvgIpc) is 2.84. The van der Waals surface area contributed by atoms with Crippen LogP contribution in [0.5, 0.6) is 5.88 Å². The summed E-state index contributed by atoms with van der Waals surface area (Å²) in [4.78, 5) is 8.65. The largest absolute Gasteiger partial charge is 0.481 e. The van der Waals surface area contributed by atoms with Crippen LogP contribution in [0, 0.1) is 6.92 Å². The van der Waals surface area contributed by atoms with Crippen molar-refractivity contribution in [3.63, 3.8) is 0 Å². The van der Waals surface area contributed by atoms with Crippen molar-refractivity contribution in [3.8, 4) is 5.88 Å². The molecule has 19 heavy (non-hydrogen) atoms. The molecule has 2 aromatic rings. The van der Waals surface area contributed by atoms with Crippen LogP contribution in [-0.4, -0.2) is 23.1 Å². The van der Waals surface area contributed by atoms with Gasteiger partial charge in [0.25, 0.3) is 0 Å². The summed E-state index contributed by atoms with van der Waals surface area (Å²) in [6, 6.07) is 4.01. The molecule has 102 valence electrons. The first-order valence-corrected chi connectivity index (χ1v) is 6.95. The Bertz CT molecular complexity index is 512. The predicted octanol–water partition coefficient (Wildman–Crippen LogP) is 1.47. The zero-order valence-electron chi connectivity index (χ0n) is 11.1. The zero-order chi connectivity index (χ0) is 13.7. The average molecular weight is 278 g/mol. The number of thiazole rings is 1. The fourth-order valence-electron chi connectivity index (χ4n) is 1.83. The smallest absolute Gasteiger partial charge is 0.212 e. The van der Waals surface area contributed by atoms with Crippen LogP contribution in [0.2, 0.25) is 0 Å². The number of nitrogens with one attached hydrogen (secondary N) is 1. The maximum Gasteiger partial charge on any atom is 0.212 e. The minimum absolute atomic E-state index is 0.153. The van der Waals surface area contributed by atoms with Gasteiger partial charge in [-0.1, -0.05) is 6.07 Å². The van der Waals surface area contributed by atoms with Crippen LogP contribution in [-0.2, 0) is 12.8 Å². The van der Waals surface area contributed by atoms with Crippen LogP contribution in [0.15, 0.2) is 23.7 Å². The van der Waals surface area contributed by atoms with Crippen LogP contribution >= 0.6 is 11.3 Å². The second kappa shape index (κ2) is 6.60. The van der Waals surface area contributed by atoms with E-state index >= 15 is 0 Å². The van der Waals surface area contributed by atoms with Crippen LogP contribution in [0.1, 0.15) is 16.3 Å². The van der Waals surface area contributed by atoms with Gasteiger partial charge in [-0.15, -0.1) is 11.3 Å². The molecule has 0 saturated carbocycles. The van der Waals surface area contributed by atoms with E-state index in [2.05, 4.69) is 20.8 Å². The molecule has 0 amide bonds. The lowest BCUT2D eigenvalue weighted by Gasteiger charge is -2.14. The second-order valence-corrected chi connectivity index (χ2v) is 5.31. The molecule has 5 nitrogen and oxygen atoms in total. The third kappa shape index (κ3) is 3.99. The summed E-state index contributed by atoms with van der Waals surface area (Å²) in [7, 11) is 1.61. The maximum atomic E-state index is 5.61. The van der Waals surface area contributed by atoms with Crippen molar-refractivity contribution >= 4 is 11.3 Å². The number of hydrogen-bond acceptors (Lipinski definition) is 6. The molecule has 2 aromatic heterocycles. The number of hydrogen-bond donors (Lipinski definition) is 2. The van der Waals surface area contributed by atoms with Crippen LogP contribution in [0.25, 0.3) is 0 Å². The minimum atomic E-state index is 0.153. The summed E-state index contributed by atoms with van der Waals surface area (Å²) in [5.74, 6) is 6.23. The first kappa shape index (κ1) is 13.9. The highest BCUT2D eigenvalue weighted by Gasteiger charge is 2.11. The summed E-state index contributed by atoms with van der Waals surface area (Å²) in [6.45, 7) is 2.00. The molecule has 0 bridgehead atoms. The Morgan fingerprint density at radius 1 is 1.42 bits per heavy atom. The molecule has 0 radical (unpaired) electrons. The summed E-state index contributed by atoms with van der Waals surface area (Å²) in [5.41, 5.74) is 5.02. The van der Waals surface area contributed by atoms with Gasteiger partial charge in [-0.05, 0) is 18.9 Å². The normalized spacial score (nSPS) is 12.4. The third-order valence-electron chi connectivity index (χ3n) is 2.81. The Labute approximate surface area is 116 Å². The van der Waals surface area contributed by atoms with E-state index in [9.17, 15) is 0 Å². The van der Waals surface area contributed by atoms with Gasteiger partial charge in [-0.3, -0.25) is 11.3 Å². The van der Waals surface area contributed by atoms with Gasteiger partial charge >= 0.3 is 0 Å². The fraction of sp³-hybridized carbons (Fsp3) is 0.385. The minimum Gasteiger partial charge on any atom is -0.481 e. The molecule has 6 heteroatoms. The highest BCUT2D eigenvalue weighted by molar-refractivity contribution is 7.09. The van der Waals surface area contributed by atoms with E-state index in [-0.39, 0.29) is 6.04 Å². The molecule has 0 aromatic carbocycles. The van der Waals surface area contributed by atoms with Gasteiger partial charge in [-0.25, -0.2) is 9.97 Å². The van der Waals surface area contributed by atoms with E-state index in [0.717, 1.165) is 29.1 Å². The van der Waals surface area contributed by atoms with Gasteiger partial charge in [0.1, 0.15) is 0 Å². The van der Waals surface area contributed by atoms with E-state index in [1.165, 1.54) is 0 Å². The van der Waals surface area contributed by atoms with Crippen molar-refractivity contribution in [1.29, 1.82) is 0 Å². The van der Waals surface area contributed by atoms with Crippen LogP contribution in [0.3, 0.4) is 0 Å². The first-order valence-electron chi connectivity index (χ1n) is 6.07. The first-order chi connectivity index (χ1) is 9.21. The molecule has 0 fully saturated rings. The molecule has 1 atom stereocenters. The van der Waals surface area contributed by atoms with Gasteiger partial charge in [0.15, 0.2) is 0 Å². The van der Waals surface area contributed by atoms with Crippen molar-refractivity contribution in [1.82, 2.24) is 15.4 Å². The van der Waals surface area contributed by atoms with Crippen molar-refractivity contribution in [2.75, 3.05) is 7.11 Å². The standard InChI is InChI=1S/C13H18N4OS/c1-9-8-19-13(16-9)6-11(17-14)5-10-3-4-12(18-2)15-7-10/h3-4,7-8,11,17H,5-6,14H2,1-2H3. The molecular weight excluding hydrogens is 260 g/mol. The number of hydrazine groups is 1. The van der Waals surface area contributed by atoms with Crippen molar-refractivity contribution in [3.05, 3.63) is 40.0 Å². The molecule has 0 aliphatic heterocycles. The van der Waals surface area contributed by atoms with E-state index in [1.807, 2.05) is 25.3 Å². The molecule has 3 N–H and O–H groups in total. The molecular formula is C13H18N4OS. The van der Waals surface area contributed by atoms with Gasteiger partial charge < -0.3 is 4.74 Å². The third-order valence-corrected chi connectivity index (χ3v) is 3.80. The lowest BCUT2D eigenvalue weighted by atomic mass is 10.1. The maximum absolute atomic E-state index is 5.61. The quantitative estimate of drug-likeness (QED) is 0.618. The fourth-order valence-corrected chi connectivity index (χ4v) is 2.69. The lowest BCUT2D eigenvalue weighted by molar-refractivity contribution is 0.397. The van der Waals surface area contributed by atoms with Crippen molar-refractivity contribution in [2.24, 2.45) is 5.84 Å². The summed E-state index contributed by atoms with van der Waals surface area (Å²) in [5, 5.41) is 3.15. The van der Waals surface area contributed by atoms with Gasteiger partial charge in [0.05, 0.1) is 12.1 Å². The number of aromatic nitrogens is 2. The summed E-state index contributed by atoms with van der Waals surface area (Å²) in [6.07, 6.45) is 3.45. The number of nitrogens with zero attached hydrogens (tertiary/aromatic N) is 2. The number of ether oxygens (including phenoxy) is 1. The van der Waals surface area contributed by atoms with Crippen molar-refractivity contribution < 1.29 is 4.74 Å². The monoisotopic (exact) mass is 278 g/mol. The molecule has 2 heterocycles. The Morgan fingerprint density at radius 3 is 2.79 bits per heavy atom. The number of methoxy groups -OCH3 is 1. The molecule has 1 unspecified atom stereocenters. The van der Waals surface area contributed by atoms with Crippen LogP contribution < -0.4 is 16.0 Å². The SMILES string of the molecule is COc1ccc(CC(Cc2nc(C)cs2)NN)cn1. The number of nitrogens with two attached hydrogens (primary N) is 1. The summed E-state index contributed by atoms with van der Waals surface area (Å²) >= 11 is 1.67. The molecule has 0 aliphatic carbocycles. The topological polar surface area (TPSA) is 73.1 Å². The predicted molar refractivity (Wildman–Crippen MR) is 76.2 cm³/mol. The Morgan fingerprint density at radius 2 is 2.26 bits per heavy atom. The van der Waals surface area contributed by atoms with Crippen molar-refractivity contribution in [2.45, 2.75) is 25.8 Å². The van der Waals surface area contributed by atoms with Crippen LogP contribution in [0.4, 0.5) is 0 Å².